The Labute approximate surface area is 158 Å². The van der Waals surface area contributed by atoms with E-state index in [4.69, 9.17) is 4.74 Å². The second kappa shape index (κ2) is 9.91. The van der Waals surface area contributed by atoms with Crippen molar-refractivity contribution in [3.63, 3.8) is 0 Å². The van der Waals surface area contributed by atoms with Crippen LogP contribution >= 0.6 is 11.3 Å². The molecule has 7 heteroatoms. The number of methoxy groups -OCH3 is 1. The average molecular weight is 375 g/mol. The van der Waals surface area contributed by atoms with E-state index in [2.05, 4.69) is 27.5 Å². The van der Waals surface area contributed by atoms with Crippen molar-refractivity contribution in [3.8, 4) is 0 Å². The molecule has 0 saturated carbocycles. The summed E-state index contributed by atoms with van der Waals surface area (Å²) in [6.07, 6.45) is 1.72. The van der Waals surface area contributed by atoms with Crippen LogP contribution in [-0.2, 0) is 17.6 Å². The van der Waals surface area contributed by atoms with Crippen LogP contribution in [0.4, 0.5) is 0 Å². The third kappa shape index (κ3) is 5.84. The molecular weight excluding hydrogens is 348 g/mol. The zero-order chi connectivity index (χ0) is 18.9. The Bertz CT molecular complexity index is 734. The lowest BCUT2D eigenvalue weighted by atomic mass is 10.1. The van der Waals surface area contributed by atoms with Crippen LogP contribution in [0, 0.1) is 13.8 Å². The Hall–Kier alpha value is -2.41. The summed E-state index contributed by atoms with van der Waals surface area (Å²) in [5.41, 5.74) is 2.83. The van der Waals surface area contributed by atoms with Gasteiger partial charge in [0, 0.05) is 31.4 Å². The van der Waals surface area contributed by atoms with Gasteiger partial charge in [0.05, 0.1) is 23.4 Å². The summed E-state index contributed by atoms with van der Waals surface area (Å²) in [5.74, 6) is 0.464. The highest BCUT2D eigenvalue weighted by atomic mass is 32.1. The van der Waals surface area contributed by atoms with Crippen molar-refractivity contribution in [2.24, 2.45) is 4.99 Å². The largest absolute Gasteiger partial charge is 0.465 e. The zero-order valence-electron chi connectivity index (χ0n) is 15.8. The summed E-state index contributed by atoms with van der Waals surface area (Å²) >= 11 is 1.75. The monoisotopic (exact) mass is 374 g/mol. The summed E-state index contributed by atoms with van der Waals surface area (Å²) in [6.45, 7) is 5.69. The van der Waals surface area contributed by atoms with Gasteiger partial charge in [0.2, 0.25) is 0 Å². The standard InChI is InChI=1S/C19H26N4O2S/c1-13-14(2)26-17(23-13)10-12-22-19(20-3)21-11-9-15-5-7-16(8-6-15)18(24)25-4/h5-8H,9-12H2,1-4H3,(H2,20,21,22). The Morgan fingerprint density at radius 3 is 2.35 bits per heavy atom. The number of guanidine groups is 1. The van der Waals surface area contributed by atoms with Crippen molar-refractivity contribution in [2.45, 2.75) is 26.7 Å². The van der Waals surface area contributed by atoms with E-state index < -0.39 is 0 Å². The smallest absolute Gasteiger partial charge is 0.337 e. The molecule has 2 N–H and O–H groups in total. The first-order chi connectivity index (χ1) is 12.5. The number of aromatic nitrogens is 1. The van der Waals surface area contributed by atoms with Crippen LogP contribution in [0.3, 0.4) is 0 Å². The number of nitrogens with one attached hydrogen (secondary N) is 2. The van der Waals surface area contributed by atoms with E-state index in [1.54, 1.807) is 30.5 Å². The highest BCUT2D eigenvalue weighted by Crippen LogP contribution is 2.16. The first kappa shape index (κ1) is 19.9. The fourth-order valence-electron chi connectivity index (χ4n) is 2.41. The molecule has 0 unspecified atom stereocenters. The van der Waals surface area contributed by atoms with Gasteiger partial charge in [-0.05, 0) is 38.0 Å². The first-order valence-electron chi connectivity index (χ1n) is 8.58. The fraction of sp³-hybridized carbons (Fsp3) is 0.421. The van der Waals surface area contributed by atoms with Crippen molar-refractivity contribution < 1.29 is 9.53 Å². The second-order valence-corrected chi connectivity index (χ2v) is 7.15. The summed E-state index contributed by atoms with van der Waals surface area (Å²) in [4.78, 5) is 21.5. The number of nitrogens with zero attached hydrogens (tertiary/aromatic N) is 2. The molecule has 0 amide bonds. The number of carbonyl (C=O) groups excluding carboxylic acids is 1. The number of aliphatic imine (C=N–C) groups is 1. The molecule has 26 heavy (non-hydrogen) atoms. The van der Waals surface area contributed by atoms with Crippen LogP contribution in [0.1, 0.15) is 31.5 Å². The van der Waals surface area contributed by atoms with Crippen molar-refractivity contribution >= 4 is 23.3 Å². The predicted octanol–water partition coefficient (Wildman–Crippen LogP) is 2.50. The Balaban J connectivity index is 1.72. The minimum Gasteiger partial charge on any atom is -0.465 e. The molecule has 0 bridgehead atoms. The first-order valence-corrected chi connectivity index (χ1v) is 9.39. The Kier molecular flexibility index (Phi) is 7.59. The number of hydrogen-bond donors (Lipinski definition) is 2. The van der Waals surface area contributed by atoms with Gasteiger partial charge in [-0.2, -0.15) is 0 Å². The maximum absolute atomic E-state index is 11.4. The molecule has 0 spiro atoms. The van der Waals surface area contributed by atoms with Gasteiger partial charge >= 0.3 is 5.97 Å². The molecule has 6 nitrogen and oxygen atoms in total. The number of thiazole rings is 1. The van der Waals surface area contributed by atoms with Crippen molar-refractivity contribution in [2.75, 3.05) is 27.2 Å². The quantitative estimate of drug-likeness (QED) is 0.442. The van der Waals surface area contributed by atoms with Crippen LogP contribution in [0.2, 0.25) is 0 Å². The van der Waals surface area contributed by atoms with Gasteiger partial charge in [-0.3, -0.25) is 4.99 Å². The molecule has 1 aromatic heterocycles. The second-order valence-electron chi connectivity index (χ2n) is 5.86. The van der Waals surface area contributed by atoms with Gasteiger partial charge < -0.3 is 15.4 Å². The Morgan fingerprint density at radius 1 is 1.15 bits per heavy atom. The van der Waals surface area contributed by atoms with Gasteiger partial charge in [0.15, 0.2) is 5.96 Å². The molecule has 0 fully saturated rings. The van der Waals surface area contributed by atoms with E-state index >= 15 is 0 Å². The van der Waals surface area contributed by atoms with E-state index in [0.717, 1.165) is 48.2 Å². The maximum atomic E-state index is 11.4. The van der Waals surface area contributed by atoms with E-state index in [1.807, 2.05) is 19.1 Å². The van der Waals surface area contributed by atoms with E-state index in [0.29, 0.717) is 5.56 Å². The molecule has 0 radical (unpaired) electrons. The number of aryl methyl sites for hydroxylation is 2. The number of ether oxygens (including phenoxy) is 1. The fourth-order valence-corrected chi connectivity index (χ4v) is 3.34. The molecule has 140 valence electrons. The molecule has 2 rings (SSSR count). The third-order valence-electron chi connectivity index (χ3n) is 4.01. The lowest BCUT2D eigenvalue weighted by Gasteiger charge is -2.11. The van der Waals surface area contributed by atoms with Crippen molar-refractivity contribution in [1.29, 1.82) is 0 Å². The minimum absolute atomic E-state index is 0.315. The van der Waals surface area contributed by atoms with E-state index in [1.165, 1.54) is 12.0 Å². The minimum atomic E-state index is -0.315. The van der Waals surface area contributed by atoms with Gasteiger partial charge in [-0.25, -0.2) is 9.78 Å². The third-order valence-corrected chi connectivity index (χ3v) is 5.14. The van der Waals surface area contributed by atoms with Crippen LogP contribution in [0.15, 0.2) is 29.3 Å². The SMILES string of the molecule is CN=C(NCCc1ccc(C(=O)OC)cc1)NCCc1nc(C)c(C)s1. The predicted molar refractivity (Wildman–Crippen MR) is 106 cm³/mol. The molecular formula is C19H26N4O2S. The van der Waals surface area contributed by atoms with Crippen molar-refractivity contribution in [3.05, 3.63) is 51.0 Å². The molecule has 0 aliphatic heterocycles. The topological polar surface area (TPSA) is 75.6 Å². The Morgan fingerprint density at radius 2 is 1.81 bits per heavy atom. The van der Waals surface area contributed by atoms with Gasteiger partial charge in [0.1, 0.15) is 0 Å². The van der Waals surface area contributed by atoms with Crippen molar-refractivity contribution in [1.82, 2.24) is 15.6 Å². The van der Waals surface area contributed by atoms with Gasteiger partial charge in [-0.15, -0.1) is 11.3 Å². The maximum Gasteiger partial charge on any atom is 0.337 e. The molecule has 0 saturated heterocycles. The normalized spacial score (nSPS) is 11.3. The van der Waals surface area contributed by atoms with E-state index in [9.17, 15) is 4.79 Å². The molecule has 0 aliphatic carbocycles. The summed E-state index contributed by atoms with van der Waals surface area (Å²) in [6, 6.07) is 7.45. The lowest BCUT2D eigenvalue weighted by Crippen LogP contribution is -2.39. The molecule has 1 heterocycles. The zero-order valence-corrected chi connectivity index (χ0v) is 16.6. The highest BCUT2D eigenvalue weighted by Gasteiger charge is 2.05. The summed E-state index contributed by atoms with van der Waals surface area (Å²) in [7, 11) is 3.15. The average Bonchev–Trinajstić information content (AvgIpc) is 2.98. The number of esters is 1. The number of benzene rings is 1. The molecule has 0 atom stereocenters. The number of hydrogen-bond acceptors (Lipinski definition) is 5. The molecule has 1 aromatic carbocycles. The lowest BCUT2D eigenvalue weighted by molar-refractivity contribution is 0.0600. The summed E-state index contributed by atoms with van der Waals surface area (Å²) in [5, 5.41) is 7.76. The molecule has 2 aromatic rings. The van der Waals surface area contributed by atoms with Crippen LogP contribution in [0.25, 0.3) is 0 Å². The van der Waals surface area contributed by atoms with Crippen LogP contribution in [0.5, 0.6) is 0 Å². The van der Waals surface area contributed by atoms with Crippen LogP contribution in [-0.4, -0.2) is 44.2 Å². The number of carbonyl (C=O) groups is 1. The number of rotatable bonds is 7. The summed E-state index contributed by atoms with van der Waals surface area (Å²) < 4.78 is 4.70. The van der Waals surface area contributed by atoms with E-state index in [-0.39, 0.29) is 5.97 Å². The van der Waals surface area contributed by atoms with Gasteiger partial charge in [0.25, 0.3) is 0 Å². The van der Waals surface area contributed by atoms with Crippen LogP contribution < -0.4 is 10.6 Å². The highest BCUT2D eigenvalue weighted by molar-refractivity contribution is 7.11. The van der Waals surface area contributed by atoms with Gasteiger partial charge in [-0.1, -0.05) is 12.1 Å². The molecule has 0 aliphatic rings.